The summed E-state index contributed by atoms with van der Waals surface area (Å²) in [4.78, 5) is 15.7. The van der Waals surface area contributed by atoms with E-state index >= 15 is 0 Å². The Balaban J connectivity index is 2.11. The number of nitrogens with zero attached hydrogens (tertiary/aromatic N) is 3. The first kappa shape index (κ1) is 10.8. The molecular formula is C10H15N5O. The molecule has 6 heteroatoms. The molecule has 0 radical (unpaired) electrons. The molecule has 1 fully saturated rings. The average Bonchev–Trinajstić information content (AvgIpc) is 2.27. The van der Waals surface area contributed by atoms with Gasteiger partial charge in [0, 0.05) is 6.21 Å². The van der Waals surface area contributed by atoms with Gasteiger partial charge in [0.05, 0.1) is 12.3 Å². The molecule has 2 amide bonds. The van der Waals surface area contributed by atoms with Crippen LogP contribution in [0.3, 0.4) is 0 Å². The minimum Gasteiger partial charge on any atom is -0.317 e. The monoisotopic (exact) mass is 221 g/mol. The second-order valence-electron chi connectivity index (χ2n) is 3.75. The van der Waals surface area contributed by atoms with E-state index in [1.165, 1.54) is 17.4 Å². The fourth-order valence-electron chi connectivity index (χ4n) is 1.80. The highest BCUT2D eigenvalue weighted by Gasteiger charge is 2.25. The van der Waals surface area contributed by atoms with Crippen molar-refractivity contribution in [3.8, 4) is 0 Å². The van der Waals surface area contributed by atoms with Gasteiger partial charge >= 0.3 is 6.03 Å². The van der Waals surface area contributed by atoms with Crippen molar-refractivity contribution in [3.63, 3.8) is 0 Å². The second-order valence-corrected chi connectivity index (χ2v) is 3.75. The van der Waals surface area contributed by atoms with E-state index in [1.54, 1.807) is 0 Å². The van der Waals surface area contributed by atoms with Gasteiger partial charge < -0.3 is 5.32 Å². The van der Waals surface area contributed by atoms with Crippen LogP contribution >= 0.6 is 0 Å². The summed E-state index contributed by atoms with van der Waals surface area (Å²) in [6.07, 6.45) is 4.87. The van der Waals surface area contributed by atoms with Crippen molar-refractivity contribution < 1.29 is 4.79 Å². The molecule has 1 saturated heterocycles. The predicted molar refractivity (Wildman–Crippen MR) is 62.4 cm³/mol. The Kier molecular flexibility index (Phi) is 3.31. The van der Waals surface area contributed by atoms with E-state index in [0.29, 0.717) is 5.82 Å². The first-order chi connectivity index (χ1) is 7.77. The van der Waals surface area contributed by atoms with Gasteiger partial charge in [0.2, 0.25) is 0 Å². The number of amides is 2. The van der Waals surface area contributed by atoms with Crippen LogP contribution in [0.4, 0.5) is 4.79 Å². The Labute approximate surface area is 94.1 Å². The van der Waals surface area contributed by atoms with Gasteiger partial charge in [-0.1, -0.05) is 6.58 Å². The Morgan fingerprint density at radius 3 is 2.88 bits per heavy atom. The quantitative estimate of drug-likeness (QED) is 0.668. The number of hydrazone groups is 1. The Bertz CT molecular complexity index is 343. The molecule has 2 heterocycles. The average molecular weight is 221 g/mol. The van der Waals surface area contributed by atoms with Crippen LogP contribution in [0.2, 0.25) is 0 Å². The number of hydrogen-bond donors (Lipinski definition) is 2. The smallest absolute Gasteiger partial charge is 0.317 e. The van der Waals surface area contributed by atoms with E-state index in [2.05, 4.69) is 27.3 Å². The van der Waals surface area contributed by atoms with E-state index in [0.717, 1.165) is 25.9 Å². The maximum Gasteiger partial charge on any atom is 0.343 e. The minimum absolute atomic E-state index is 0.150. The van der Waals surface area contributed by atoms with Gasteiger partial charge in [0.1, 0.15) is 5.82 Å². The second kappa shape index (κ2) is 4.89. The summed E-state index contributed by atoms with van der Waals surface area (Å²) < 4.78 is 0. The number of carbonyl (C=O) groups is 1. The van der Waals surface area contributed by atoms with Crippen LogP contribution in [0.25, 0.3) is 0 Å². The lowest BCUT2D eigenvalue weighted by atomic mass is 10.1. The molecule has 0 aromatic rings. The van der Waals surface area contributed by atoms with E-state index in [9.17, 15) is 4.79 Å². The van der Waals surface area contributed by atoms with E-state index in [4.69, 9.17) is 0 Å². The zero-order valence-electron chi connectivity index (χ0n) is 9.02. The molecule has 16 heavy (non-hydrogen) atoms. The summed E-state index contributed by atoms with van der Waals surface area (Å²) in [5, 5.41) is 11.4. The molecule has 2 rings (SSSR count). The molecule has 0 aromatic carbocycles. The van der Waals surface area contributed by atoms with Crippen LogP contribution in [-0.2, 0) is 0 Å². The van der Waals surface area contributed by atoms with Crippen molar-refractivity contribution >= 4 is 18.5 Å². The van der Waals surface area contributed by atoms with Crippen LogP contribution in [0, 0.1) is 0 Å². The zero-order chi connectivity index (χ0) is 11.4. The van der Waals surface area contributed by atoms with E-state index < -0.39 is 0 Å². The maximum atomic E-state index is 11.8. The Morgan fingerprint density at radius 1 is 1.38 bits per heavy atom. The van der Waals surface area contributed by atoms with Crippen LogP contribution < -0.4 is 10.6 Å². The molecule has 0 aromatic heterocycles. The number of carbonyl (C=O) groups excluding carboxylic acids is 1. The molecule has 0 saturated carbocycles. The summed E-state index contributed by atoms with van der Waals surface area (Å²) in [5.74, 6) is 0.343. The number of aliphatic imine (C=N–C) groups is 1. The largest absolute Gasteiger partial charge is 0.343 e. The number of nitrogens with one attached hydrogen (secondary N) is 2. The minimum atomic E-state index is -0.259. The van der Waals surface area contributed by atoms with Gasteiger partial charge in [-0.05, 0) is 25.9 Å². The van der Waals surface area contributed by atoms with Crippen molar-refractivity contribution in [1.82, 2.24) is 15.6 Å². The number of piperidine rings is 1. The number of hydrogen-bond acceptors (Lipinski definition) is 4. The molecule has 0 bridgehead atoms. The van der Waals surface area contributed by atoms with Crippen LogP contribution in [0.1, 0.15) is 12.8 Å². The standard InChI is InChI=1S/C10H15N5O/c1-8-12-6-7-13-15(10(16)14-8)9-2-4-11-5-3-9/h6-7,9,11H,1-5H2,(H,14,16)/b12-6-,13-7-. The van der Waals surface area contributed by atoms with Crippen molar-refractivity contribution in [2.24, 2.45) is 10.1 Å². The van der Waals surface area contributed by atoms with Crippen LogP contribution in [-0.4, -0.2) is 42.6 Å². The van der Waals surface area contributed by atoms with E-state index in [1.807, 2.05) is 0 Å². The number of urea groups is 1. The maximum absolute atomic E-state index is 11.8. The third kappa shape index (κ3) is 2.46. The number of rotatable bonds is 1. The first-order valence-electron chi connectivity index (χ1n) is 5.34. The fraction of sp³-hybridized carbons (Fsp3) is 0.500. The van der Waals surface area contributed by atoms with Gasteiger partial charge in [0.25, 0.3) is 0 Å². The lowest BCUT2D eigenvalue weighted by Crippen LogP contribution is -2.47. The van der Waals surface area contributed by atoms with E-state index in [-0.39, 0.29) is 12.1 Å². The molecule has 2 N–H and O–H groups in total. The SMILES string of the molecule is C=C1/N=C\C=N/N(C2CCNCC2)C(=O)N1. The normalized spacial score (nSPS) is 26.9. The fourth-order valence-corrected chi connectivity index (χ4v) is 1.80. The topological polar surface area (TPSA) is 69.1 Å². The lowest BCUT2D eigenvalue weighted by Gasteiger charge is -2.31. The highest BCUT2D eigenvalue weighted by Crippen LogP contribution is 2.13. The third-order valence-corrected chi connectivity index (χ3v) is 2.60. The molecule has 0 aliphatic carbocycles. The summed E-state index contributed by atoms with van der Waals surface area (Å²) in [7, 11) is 0. The summed E-state index contributed by atoms with van der Waals surface area (Å²) >= 11 is 0. The zero-order valence-corrected chi connectivity index (χ0v) is 9.02. The molecule has 0 unspecified atom stereocenters. The molecule has 0 atom stereocenters. The molecule has 0 spiro atoms. The molecule has 2 aliphatic rings. The molecule has 2 aliphatic heterocycles. The van der Waals surface area contributed by atoms with Gasteiger partial charge in [-0.2, -0.15) is 5.10 Å². The van der Waals surface area contributed by atoms with Gasteiger partial charge in [0.15, 0.2) is 0 Å². The highest BCUT2D eigenvalue weighted by atomic mass is 16.2. The van der Waals surface area contributed by atoms with Crippen LogP contribution in [0.5, 0.6) is 0 Å². The van der Waals surface area contributed by atoms with Gasteiger partial charge in [-0.25, -0.2) is 14.8 Å². The Morgan fingerprint density at radius 2 is 2.12 bits per heavy atom. The summed E-state index contributed by atoms with van der Waals surface area (Å²) in [6.45, 7) is 5.45. The van der Waals surface area contributed by atoms with Crippen molar-refractivity contribution in [2.75, 3.05) is 13.1 Å². The van der Waals surface area contributed by atoms with Crippen molar-refractivity contribution in [3.05, 3.63) is 12.4 Å². The lowest BCUT2D eigenvalue weighted by molar-refractivity contribution is 0.165. The van der Waals surface area contributed by atoms with Gasteiger partial charge in [-0.15, -0.1) is 0 Å². The summed E-state index contributed by atoms with van der Waals surface area (Å²) in [6, 6.07) is -0.109. The summed E-state index contributed by atoms with van der Waals surface area (Å²) in [5.41, 5.74) is 0. The molecule has 6 nitrogen and oxygen atoms in total. The van der Waals surface area contributed by atoms with Gasteiger partial charge in [-0.3, -0.25) is 5.32 Å². The third-order valence-electron chi connectivity index (χ3n) is 2.60. The van der Waals surface area contributed by atoms with Crippen molar-refractivity contribution in [2.45, 2.75) is 18.9 Å². The van der Waals surface area contributed by atoms with Crippen LogP contribution in [0.15, 0.2) is 22.5 Å². The highest BCUT2D eigenvalue weighted by molar-refractivity contribution is 6.16. The molecular weight excluding hydrogens is 206 g/mol. The Hall–Kier alpha value is -1.69. The van der Waals surface area contributed by atoms with Crippen molar-refractivity contribution in [1.29, 1.82) is 0 Å². The first-order valence-corrected chi connectivity index (χ1v) is 5.34. The molecule has 86 valence electrons. The predicted octanol–water partition coefficient (Wildman–Crippen LogP) is 0.291.